The first-order valence-corrected chi connectivity index (χ1v) is 6.21. The molecule has 19 heavy (non-hydrogen) atoms. The second-order valence-electron chi connectivity index (χ2n) is 4.93. The van der Waals surface area contributed by atoms with Crippen LogP contribution in [-0.4, -0.2) is 26.1 Å². The van der Waals surface area contributed by atoms with Gasteiger partial charge in [0, 0.05) is 0 Å². The number of rotatable bonds is 4. The Balaban J connectivity index is 2.35. The minimum atomic E-state index is -1.03. The van der Waals surface area contributed by atoms with Crippen LogP contribution in [0.4, 0.5) is 0 Å². The molecule has 0 amide bonds. The lowest BCUT2D eigenvalue weighted by atomic mass is 10.1. The van der Waals surface area contributed by atoms with Crippen LogP contribution in [0, 0.1) is 6.92 Å². The number of carbonyl (C=O) groups is 1. The SMILES string of the molecule is Cc1ccc(Cn2nnc(C(=O)O)c2C(C)C)cc1. The van der Waals surface area contributed by atoms with Crippen LogP contribution in [0.2, 0.25) is 0 Å². The number of aromatic nitrogens is 3. The molecule has 0 spiro atoms. The summed E-state index contributed by atoms with van der Waals surface area (Å²) in [4.78, 5) is 11.1. The molecule has 5 heteroatoms. The highest BCUT2D eigenvalue weighted by atomic mass is 16.4. The van der Waals surface area contributed by atoms with Gasteiger partial charge in [-0.3, -0.25) is 0 Å². The van der Waals surface area contributed by atoms with Crippen LogP contribution in [0.1, 0.15) is 47.1 Å². The lowest BCUT2D eigenvalue weighted by molar-refractivity contribution is 0.0688. The zero-order valence-electron chi connectivity index (χ0n) is 11.3. The summed E-state index contributed by atoms with van der Waals surface area (Å²) in [6.07, 6.45) is 0. The molecule has 0 bridgehead atoms. The smallest absolute Gasteiger partial charge is 0.358 e. The standard InChI is InChI=1S/C14H17N3O2/c1-9(2)13-12(14(18)19)15-16-17(13)8-11-6-4-10(3)5-7-11/h4-7,9H,8H2,1-3H3,(H,18,19). The Morgan fingerprint density at radius 1 is 1.32 bits per heavy atom. The average Bonchev–Trinajstić information content (AvgIpc) is 2.76. The van der Waals surface area contributed by atoms with Gasteiger partial charge < -0.3 is 5.11 Å². The molecule has 1 N–H and O–H groups in total. The van der Waals surface area contributed by atoms with Crippen molar-refractivity contribution in [3.8, 4) is 0 Å². The minimum absolute atomic E-state index is 0.0436. The van der Waals surface area contributed by atoms with E-state index in [9.17, 15) is 4.79 Å². The zero-order valence-corrected chi connectivity index (χ0v) is 11.3. The molecule has 0 unspecified atom stereocenters. The van der Waals surface area contributed by atoms with Gasteiger partial charge in [-0.05, 0) is 18.4 Å². The Labute approximate surface area is 111 Å². The molecule has 5 nitrogen and oxygen atoms in total. The van der Waals surface area contributed by atoms with Crippen molar-refractivity contribution in [1.82, 2.24) is 15.0 Å². The second kappa shape index (κ2) is 5.22. The maximum absolute atomic E-state index is 11.1. The van der Waals surface area contributed by atoms with E-state index in [-0.39, 0.29) is 11.6 Å². The summed E-state index contributed by atoms with van der Waals surface area (Å²) in [5, 5.41) is 16.8. The van der Waals surface area contributed by atoms with E-state index in [1.54, 1.807) is 4.68 Å². The van der Waals surface area contributed by atoms with E-state index in [1.165, 1.54) is 5.56 Å². The Hall–Kier alpha value is -2.17. The van der Waals surface area contributed by atoms with Crippen molar-refractivity contribution in [2.24, 2.45) is 0 Å². The molecule has 0 aliphatic heterocycles. The summed E-state index contributed by atoms with van der Waals surface area (Å²) in [7, 11) is 0. The second-order valence-corrected chi connectivity index (χ2v) is 4.93. The molecule has 0 radical (unpaired) electrons. The Morgan fingerprint density at radius 3 is 2.47 bits per heavy atom. The van der Waals surface area contributed by atoms with E-state index in [2.05, 4.69) is 10.3 Å². The van der Waals surface area contributed by atoms with Gasteiger partial charge in [0.1, 0.15) is 0 Å². The van der Waals surface area contributed by atoms with Crippen LogP contribution in [0.25, 0.3) is 0 Å². The maximum atomic E-state index is 11.1. The van der Waals surface area contributed by atoms with Crippen LogP contribution >= 0.6 is 0 Å². The van der Waals surface area contributed by atoms with Crippen LogP contribution < -0.4 is 0 Å². The first-order chi connectivity index (χ1) is 8.99. The Bertz CT molecular complexity index is 585. The van der Waals surface area contributed by atoms with E-state index in [1.807, 2.05) is 45.0 Å². The highest BCUT2D eigenvalue weighted by molar-refractivity contribution is 5.86. The largest absolute Gasteiger partial charge is 0.476 e. The van der Waals surface area contributed by atoms with Crippen LogP contribution in [0.15, 0.2) is 24.3 Å². The molecule has 0 fully saturated rings. The van der Waals surface area contributed by atoms with Gasteiger partial charge in [-0.25, -0.2) is 9.48 Å². The van der Waals surface area contributed by atoms with E-state index in [4.69, 9.17) is 5.11 Å². The van der Waals surface area contributed by atoms with Crippen LogP contribution in [0.3, 0.4) is 0 Å². The fraction of sp³-hybridized carbons (Fsp3) is 0.357. The van der Waals surface area contributed by atoms with Crippen molar-refractivity contribution in [2.45, 2.75) is 33.2 Å². The van der Waals surface area contributed by atoms with Gasteiger partial charge in [-0.15, -0.1) is 5.10 Å². The van der Waals surface area contributed by atoms with Gasteiger partial charge in [0.05, 0.1) is 12.2 Å². The van der Waals surface area contributed by atoms with E-state index in [0.29, 0.717) is 12.2 Å². The van der Waals surface area contributed by atoms with E-state index in [0.717, 1.165) is 5.56 Å². The number of aromatic carboxylic acids is 1. The number of benzene rings is 1. The van der Waals surface area contributed by atoms with Gasteiger partial charge in [-0.1, -0.05) is 48.9 Å². The van der Waals surface area contributed by atoms with Crippen molar-refractivity contribution in [2.75, 3.05) is 0 Å². The van der Waals surface area contributed by atoms with Crippen molar-refractivity contribution < 1.29 is 9.90 Å². The third-order valence-electron chi connectivity index (χ3n) is 2.98. The minimum Gasteiger partial charge on any atom is -0.476 e. The first-order valence-electron chi connectivity index (χ1n) is 6.21. The lowest BCUT2D eigenvalue weighted by Crippen LogP contribution is -2.10. The zero-order chi connectivity index (χ0) is 14.0. The molecule has 1 aromatic heterocycles. The number of hydrogen-bond acceptors (Lipinski definition) is 3. The Kier molecular flexibility index (Phi) is 3.64. The predicted molar refractivity (Wildman–Crippen MR) is 71.4 cm³/mol. The molecule has 0 saturated carbocycles. The molecule has 0 atom stereocenters. The van der Waals surface area contributed by atoms with E-state index < -0.39 is 5.97 Å². The predicted octanol–water partition coefficient (Wildman–Crippen LogP) is 2.46. The molecular formula is C14H17N3O2. The normalized spacial score (nSPS) is 10.9. The summed E-state index contributed by atoms with van der Waals surface area (Å²) in [6, 6.07) is 8.09. The van der Waals surface area contributed by atoms with Gasteiger partial charge in [-0.2, -0.15) is 0 Å². The number of hydrogen-bond donors (Lipinski definition) is 1. The Morgan fingerprint density at radius 2 is 1.95 bits per heavy atom. The number of carboxylic acids is 1. The molecule has 100 valence electrons. The third-order valence-corrected chi connectivity index (χ3v) is 2.98. The monoisotopic (exact) mass is 259 g/mol. The van der Waals surface area contributed by atoms with Crippen molar-refractivity contribution in [1.29, 1.82) is 0 Å². The summed E-state index contributed by atoms with van der Waals surface area (Å²) >= 11 is 0. The number of carboxylic acid groups (broad SMARTS) is 1. The summed E-state index contributed by atoms with van der Waals surface area (Å²) in [5.41, 5.74) is 2.97. The fourth-order valence-electron chi connectivity index (χ4n) is 2.03. The lowest BCUT2D eigenvalue weighted by Gasteiger charge is -2.10. The topological polar surface area (TPSA) is 68.0 Å². The fourth-order valence-corrected chi connectivity index (χ4v) is 2.03. The van der Waals surface area contributed by atoms with Gasteiger partial charge in [0.2, 0.25) is 0 Å². The molecular weight excluding hydrogens is 242 g/mol. The quantitative estimate of drug-likeness (QED) is 0.915. The molecule has 0 aliphatic carbocycles. The highest BCUT2D eigenvalue weighted by Gasteiger charge is 2.21. The summed E-state index contributed by atoms with van der Waals surface area (Å²) in [5.74, 6) is -0.967. The van der Waals surface area contributed by atoms with Crippen molar-refractivity contribution >= 4 is 5.97 Å². The van der Waals surface area contributed by atoms with Crippen LogP contribution in [-0.2, 0) is 6.54 Å². The van der Waals surface area contributed by atoms with Crippen molar-refractivity contribution in [3.63, 3.8) is 0 Å². The number of nitrogens with zero attached hydrogens (tertiary/aromatic N) is 3. The van der Waals surface area contributed by atoms with Crippen molar-refractivity contribution in [3.05, 3.63) is 46.8 Å². The summed E-state index contributed by atoms with van der Waals surface area (Å²) in [6.45, 7) is 6.45. The summed E-state index contributed by atoms with van der Waals surface area (Å²) < 4.78 is 1.67. The maximum Gasteiger partial charge on any atom is 0.358 e. The van der Waals surface area contributed by atoms with Gasteiger partial charge in [0.25, 0.3) is 0 Å². The molecule has 1 aromatic carbocycles. The van der Waals surface area contributed by atoms with Crippen LogP contribution in [0.5, 0.6) is 0 Å². The van der Waals surface area contributed by atoms with E-state index >= 15 is 0 Å². The van der Waals surface area contributed by atoms with Gasteiger partial charge in [0.15, 0.2) is 5.69 Å². The average molecular weight is 259 g/mol. The molecule has 2 rings (SSSR count). The molecule has 1 heterocycles. The highest BCUT2D eigenvalue weighted by Crippen LogP contribution is 2.18. The first kappa shape index (κ1) is 13.3. The van der Waals surface area contributed by atoms with Gasteiger partial charge >= 0.3 is 5.97 Å². The third kappa shape index (κ3) is 2.81. The molecule has 0 aliphatic rings. The molecule has 0 saturated heterocycles. The number of aryl methyl sites for hydroxylation is 1. The molecule has 2 aromatic rings.